The molecule has 3 rings (SSSR count). The van der Waals surface area contributed by atoms with Crippen molar-refractivity contribution in [3.63, 3.8) is 0 Å². The van der Waals surface area contributed by atoms with Gasteiger partial charge in [-0.25, -0.2) is 9.97 Å². The van der Waals surface area contributed by atoms with E-state index < -0.39 is 0 Å². The van der Waals surface area contributed by atoms with Gasteiger partial charge < -0.3 is 10.2 Å². The van der Waals surface area contributed by atoms with Crippen LogP contribution < -0.4 is 10.2 Å². The summed E-state index contributed by atoms with van der Waals surface area (Å²) in [6.45, 7) is 7.14. The molecule has 0 saturated carbocycles. The predicted octanol–water partition coefficient (Wildman–Crippen LogP) is 3.91. The Morgan fingerprint density at radius 2 is 1.85 bits per heavy atom. The Bertz CT molecular complexity index is 721. The lowest BCUT2D eigenvalue weighted by Gasteiger charge is -2.27. The van der Waals surface area contributed by atoms with Gasteiger partial charge in [-0.15, -0.1) is 0 Å². The molecule has 1 fully saturated rings. The first-order valence-electron chi connectivity index (χ1n) is 9.59. The topological polar surface area (TPSA) is 58.1 Å². The van der Waals surface area contributed by atoms with Crippen LogP contribution in [0.4, 0.5) is 5.82 Å². The predicted molar refractivity (Wildman–Crippen MR) is 105 cm³/mol. The van der Waals surface area contributed by atoms with Gasteiger partial charge in [0.05, 0.1) is 5.69 Å². The van der Waals surface area contributed by atoms with Crippen molar-refractivity contribution in [3.8, 4) is 11.3 Å². The van der Waals surface area contributed by atoms with Crippen molar-refractivity contribution in [2.24, 2.45) is 5.92 Å². The van der Waals surface area contributed by atoms with Crippen LogP contribution in [0.3, 0.4) is 0 Å². The lowest BCUT2D eigenvalue weighted by Crippen LogP contribution is -2.30. The molecule has 5 nitrogen and oxygen atoms in total. The number of anilines is 1. The summed E-state index contributed by atoms with van der Waals surface area (Å²) in [6, 6.07) is 9.69. The molecule has 0 unspecified atom stereocenters. The average molecular weight is 352 g/mol. The van der Waals surface area contributed by atoms with E-state index in [0.29, 0.717) is 18.0 Å². The maximum atomic E-state index is 12.2. The summed E-state index contributed by atoms with van der Waals surface area (Å²) in [5, 5.41) is 2.97. The second-order valence-corrected chi connectivity index (χ2v) is 7.32. The molecule has 1 saturated heterocycles. The first-order valence-corrected chi connectivity index (χ1v) is 9.59. The summed E-state index contributed by atoms with van der Waals surface area (Å²) in [5.74, 6) is 1.56. The van der Waals surface area contributed by atoms with Gasteiger partial charge in [0.25, 0.3) is 5.91 Å². The van der Waals surface area contributed by atoms with E-state index in [2.05, 4.69) is 34.0 Å². The van der Waals surface area contributed by atoms with Crippen LogP contribution >= 0.6 is 0 Å². The van der Waals surface area contributed by atoms with E-state index in [1.54, 1.807) is 6.33 Å². The van der Waals surface area contributed by atoms with E-state index in [0.717, 1.165) is 36.6 Å². The molecule has 2 heterocycles. The highest BCUT2D eigenvalue weighted by Crippen LogP contribution is 2.23. The number of benzene rings is 1. The summed E-state index contributed by atoms with van der Waals surface area (Å²) in [5.41, 5.74) is 2.58. The SMILES string of the molecule is CC(C)CCNC(=O)c1ccc(-c2cc(N3CCCCC3)ncn2)cc1. The van der Waals surface area contributed by atoms with Gasteiger partial charge in [-0.3, -0.25) is 4.79 Å². The highest BCUT2D eigenvalue weighted by atomic mass is 16.1. The van der Waals surface area contributed by atoms with Crippen LogP contribution in [0.5, 0.6) is 0 Å². The number of nitrogens with zero attached hydrogens (tertiary/aromatic N) is 3. The molecule has 1 aliphatic rings. The van der Waals surface area contributed by atoms with Crippen molar-refractivity contribution in [1.29, 1.82) is 0 Å². The molecule has 1 aromatic carbocycles. The Hall–Kier alpha value is -2.43. The van der Waals surface area contributed by atoms with Crippen molar-refractivity contribution in [2.75, 3.05) is 24.5 Å². The smallest absolute Gasteiger partial charge is 0.251 e. The fraction of sp³-hybridized carbons (Fsp3) is 0.476. The first kappa shape index (κ1) is 18.4. The number of hydrogen-bond acceptors (Lipinski definition) is 4. The molecule has 0 radical (unpaired) electrons. The Kier molecular flexibility index (Phi) is 6.21. The van der Waals surface area contributed by atoms with E-state index >= 15 is 0 Å². The lowest BCUT2D eigenvalue weighted by molar-refractivity contribution is 0.0952. The summed E-state index contributed by atoms with van der Waals surface area (Å²) < 4.78 is 0. The van der Waals surface area contributed by atoms with Crippen molar-refractivity contribution < 1.29 is 4.79 Å². The molecule has 0 aliphatic carbocycles. The van der Waals surface area contributed by atoms with Crippen LogP contribution in [0.25, 0.3) is 11.3 Å². The van der Waals surface area contributed by atoms with E-state index in [4.69, 9.17) is 0 Å². The number of carbonyl (C=O) groups is 1. The number of amides is 1. The van der Waals surface area contributed by atoms with E-state index in [1.807, 2.05) is 30.3 Å². The maximum Gasteiger partial charge on any atom is 0.251 e. The van der Waals surface area contributed by atoms with Crippen molar-refractivity contribution >= 4 is 11.7 Å². The molecule has 1 aromatic heterocycles. The highest BCUT2D eigenvalue weighted by Gasteiger charge is 2.13. The van der Waals surface area contributed by atoms with Gasteiger partial charge in [0.15, 0.2) is 0 Å². The zero-order chi connectivity index (χ0) is 18.4. The monoisotopic (exact) mass is 352 g/mol. The zero-order valence-corrected chi connectivity index (χ0v) is 15.7. The summed E-state index contributed by atoms with van der Waals surface area (Å²) in [7, 11) is 0. The summed E-state index contributed by atoms with van der Waals surface area (Å²) in [4.78, 5) is 23.4. The number of carbonyl (C=O) groups excluding carboxylic acids is 1. The van der Waals surface area contributed by atoms with Crippen LogP contribution in [0.2, 0.25) is 0 Å². The van der Waals surface area contributed by atoms with E-state index in [-0.39, 0.29) is 5.91 Å². The van der Waals surface area contributed by atoms with E-state index in [1.165, 1.54) is 19.3 Å². The normalized spacial score (nSPS) is 14.5. The minimum Gasteiger partial charge on any atom is -0.357 e. The number of aromatic nitrogens is 2. The van der Waals surface area contributed by atoms with Crippen molar-refractivity contribution in [2.45, 2.75) is 39.5 Å². The van der Waals surface area contributed by atoms with Crippen LogP contribution in [0.15, 0.2) is 36.7 Å². The Morgan fingerprint density at radius 3 is 2.54 bits per heavy atom. The fourth-order valence-electron chi connectivity index (χ4n) is 3.17. The molecule has 1 N–H and O–H groups in total. The van der Waals surface area contributed by atoms with Crippen molar-refractivity contribution in [1.82, 2.24) is 15.3 Å². The maximum absolute atomic E-state index is 12.2. The second-order valence-electron chi connectivity index (χ2n) is 7.32. The molecule has 1 amide bonds. The van der Waals surface area contributed by atoms with Gasteiger partial charge in [-0.05, 0) is 43.7 Å². The Labute approximate surface area is 155 Å². The molecule has 1 aliphatic heterocycles. The van der Waals surface area contributed by atoms with Gasteiger partial charge in [0.2, 0.25) is 0 Å². The molecule has 0 spiro atoms. The molecule has 0 bridgehead atoms. The van der Waals surface area contributed by atoms with Crippen LogP contribution in [0, 0.1) is 5.92 Å². The van der Waals surface area contributed by atoms with Crippen molar-refractivity contribution in [3.05, 3.63) is 42.2 Å². The number of piperidine rings is 1. The van der Waals surface area contributed by atoms with E-state index in [9.17, 15) is 4.79 Å². The van der Waals surface area contributed by atoms with Gasteiger partial charge >= 0.3 is 0 Å². The van der Waals surface area contributed by atoms with Crippen LogP contribution in [-0.2, 0) is 0 Å². The Morgan fingerprint density at radius 1 is 1.12 bits per heavy atom. The molecule has 138 valence electrons. The molecular weight excluding hydrogens is 324 g/mol. The highest BCUT2D eigenvalue weighted by molar-refractivity contribution is 5.94. The minimum atomic E-state index is -0.0195. The largest absolute Gasteiger partial charge is 0.357 e. The van der Waals surface area contributed by atoms with Gasteiger partial charge in [0.1, 0.15) is 12.1 Å². The average Bonchev–Trinajstić information content (AvgIpc) is 2.68. The second kappa shape index (κ2) is 8.79. The number of nitrogens with one attached hydrogen (secondary N) is 1. The molecular formula is C21H28N4O. The third-order valence-electron chi connectivity index (χ3n) is 4.78. The molecule has 26 heavy (non-hydrogen) atoms. The fourth-order valence-corrected chi connectivity index (χ4v) is 3.17. The zero-order valence-electron chi connectivity index (χ0n) is 15.7. The summed E-state index contributed by atoms with van der Waals surface area (Å²) in [6.07, 6.45) is 6.37. The van der Waals surface area contributed by atoms with Crippen LogP contribution in [0.1, 0.15) is 49.9 Å². The Balaban J connectivity index is 1.67. The quantitative estimate of drug-likeness (QED) is 0.856. The van der Waals surface area contributed by atoms with Crippen LogP contribution in [-0.4, -0.2) is 35.5 Å². The first-order chi connectivity index (χ1) is 12.6. The minimum absolute atomic E-state index is 0.0195. The standard InChI is InChI=1S/C21H28N4O/c1-16(2)10-11-22-21(26)18-8-6-17(7-9-18)19-14-20(24-15-23-19)25-12-4-3-5-13-25/h6-9,14-16H,3-5,10-13H2,1-2H3,(H,22,26). The van der Waals surface area contributed by atoms with Gasteiger partial charge in [-0.2, -0.15) is 0 Å². The third-order valence-corrected chi connectivity index (χ3v) is 4.78. The van der Waals surface area contributed by atoms with Gasteiger partial charge in [-0.1, -0.05) is 26.0 Å². The third kappa shape index (κ3) is 4.81. The molecule has 2 aromatic rings. The van der Waals surface area contributed by atoms with Gasteiger partial charge in [0, 0.05) is 36.8 Å². The number of hydrogen-bond donors (Lipinski definition) is 1. The number of rotatable bonds is 6. The summed E-state index contributed by atoms with van der Waals surface area (Å²) >= 11 is 0. The lowest BCUT2D eigenvalue weighted by atomic mass is 10.1. The molecule has 0 atom stereocenters. The molecule has 5 heteroatoms.